The Kier molecular flexibility index (Phi) is 3.92. The Balaban J connectivity index is 2.85. The van der Waals surface area contributed by atoms with E-state index in [0.29, 0.717) is 6.54 Å². The summed E-state index contributed by atoms with van der Waals surface area (Å²) in [6, 6.07) is -0.214. The van der Waals surface area contributed by atoms with Gasteiger partial charge in [0.1, 0.15) is 0 Å². The molecular formula is C9H19NO3S. The molecule has 1 fully saturated rings. The lowest BCUT2D eigenvalue weighted by Gasteiger charge is -2.37. The van der Waals surface area contributed by atoms with E-state index in [2.05, 4.69) is 0 Å². The van der Waals surface area contributed by atoms with E-state index >= 15 is 0 Å². The highest BCUT2D eigenvalue weighted by atomic mass is 32.2. The molecule has 1 aliphatic heterocycles. The molecule has 0 aromatic heterocycles. The van der Waals surface area contributed by atoms with Gasteiger partial charge in [0.15, 0.2) is 0 Å². The van der Waals surface area contributed by atoms with Gasteiger partial charge in [0.05, 0.1) is 18.4 Å². The second-order valence-corrected chi connectivity index (χ2v) is 6.09. The molecule has 0 aromatic carbocycles. The predicted molar refractivity (Wildman–Crippen MR) is 55.4 cm³/mol. The number of sulfonamides is 1. The van der Waals surface area contributed by atoms with E-state index in [1.165, 1.54) is 4.31 Å². The summed E-state index contributed by atoms with van der Waals surface area (Å²) in [5, 5.41) is 9.18. The van der Waals surface area contributed by atoms with Gasteiger partial charge in [-0.25, -0.2) is 8.42 Å². The normalized spacial score (nSPS) is 30.5. The van der Waals surface area contributed by atoms with Gasteiger partial charge in [-0.1, -0.05) is 6.92 Å². The second-order valence-electron chi connectivity index (χ2n) is 3.88. The molecule has 0 aromatic rings. The van der Waals surface area contributed by atoms with Crippen LogP contribution in [0.25, 0.3) is 0 Å². The van der Waals surface area contributed by atoms with Crippen LogP contribution >= 0.6 is 0 Å². The van der Waals surface area contributed by atoms with E-state index in [4.69, 9.17) is 0 Å². The molecule has 0 bridgehead atoms. The first-order valence-corrected chi connectivity index (χ1v) is 6.74. The Labute approximate surface area is 86.0 Å². The van der Waals surface area contributed by atoms with E-state index in [9.17, 15) is 13.5 Å². The molecule has 5 heteroatoms. The molecule has 2 unspecified atom stereocenters. The van der Waals surface area contributed by atoms with Gasteiger partial charge in [-0.3, -0.25) is 0 Å². The monoisotopic (exact) mass is 221 g/mol. The summed E-state index contributed by atoms with van der Waals surface area (Å²) in [7, 11) is -3.14. The fourth-order valence-corrected chi connectivity index (χ4v) is 3.42. The molecule has 1 N–H and O–H groups in total. The number of aliphatic hydroxyl groups is 1. The predicted octanol–water partition coefficient (Wildman–Crippen LogP) is 0.429. The first kappa shape index (κ1) is 11.9. The fraction of sp³-hybridized carbons (Fsp3) is 1.00. The van der Waals surface area contributed by atoms with E-state index in [-0.39, 0.29) is 24.3 Å². The van der Waals surface area contributed by atoms with Crippen LogP contribution in [0.4, 0.5) is 0 Å². The third kappa shape index (κ3) is 2.27. The van der Waals surface area contributed by atoms with Crippen molar-refractivity contribution in [3.63, 3.8) is 0 Å². The molecule has 0 radical (unpaired) electrons. The lowest BCUT2D eigenvalue weighted by atomic mass is 9.93. The van der Waals surface area contributed by atoms with Crippen LogP contribution in [0.5, 0.6) is 0 Å². The first-order chi connectivity index (χ1) is 6.53. The smallest absolute Gasteiger partial charge is 0.214 e. The van der Waals surface area contributed by atoms with Crippen molar-refractivity contribution >= 4 is 10.0 Å². The van der Waals surface area contributed by atoms with E-state index < -0.39 is 10.0 Å². The molecule has 0 aliphatic carbocycles. The molecule has 4 nitrogen and oxygen atoms in total. The van der Waals surface area contributed by atoms with Crippen molar-refractivity contribution in [1.82, 2.24) is 4.31 Å². The van der Waals surface area contributed by atoms with Crippen LogP contribution in [0, 0.1) is 5.92 Å². The van der Waals surface area contributed by atoms with Gasteiger partial charge in [0, 0.05) is 6.54 Å². The summed E-state index contributed by atoms with van der Waals surface area (Å²) in [6.45, 7) is 4.13. The molecule has 0 saturated carbocycles. The molecule has 1 aliphatic rings. The molecule has 14 heavy (non-hydrogen) atoms. The summed E-state index contributed by atoms with van der Waals surface area (Å²) in [5.74, 6) is 0.381. The van der Waals surface area contributed by atoms with Gasteiger partial charge in [0.2, 0.25) is 10.0 Å². The Hall–Kier alpha value is -0.130. The topological polar surface area (TPSA) is 57.6 Å². The molecular weight excluding hydrogens is 202 g/mol. The van der Waals surface area contributed by atoms with Crippen molar-refractivity contribution in [2.24, 2.45) is 5.92 Å². The molecule has 1 heterocycles. The van der Waals surface area contributed by atoms with Crippen molar-refractivity contribution in [3.8, 4) is 0 Å². The molecule has 1 rings (SSSR count). The molecule has 0 amide bonds. The van der Waals surface area contributed by atoms with E-state index in [1.807, 2.05) is 6.92 Å². The minimum Gasteiger partial charge on any atom is -0.395 e. The van der Waals surface area contributed by atoms with Crippen LogP contribution < -0.4 is 0 Å². The van der Waals surface area contributed by atoms with Gasteiger partial charge in [0.25, 0.3) is 0 Å². The zero-order chi connectivity index (χ0) is 10.8. The van der Waals surface area contributed by atoms with Gasteiger partial charge >= 0.3 is 0 Å². The lowest BCUT2D eigenvalue weighted by Crippen LogP contribution is -2.50. The maximum absolute atomic E-state index is 11.7. The summed E-state index contributed by atoms with van der Waals surface area (Å²) in [4.78, 5) is 0. The Morgan fingerprint density at radius 2 is 2.14 bits per heavy atom. The van der Waals surface area contributed by atoms with Crippen LogP contribution in [0.2, 0.25) is 0 Å². The average Bonchev–Trinajstić information content (AvgIpc) is 2.17. The molecule has 0 spiro atoms. The summed E-state index contributed by atoms with van der Waals surface area (Å²) in [5.41, 5.74) is 0. The van der Waals surface area contributed by atoms with Crippen molar-refractivity contribution < 1.29 is 13.5 Å². The maximum Gasteiger partial charge on any atom is 0.214 e. The number of piperidine rings is 1. The number of hydrogen-bond acceptors (Lipinski definition) is 3. The van der Waals surface area contributed by atoms with Gasteiger partial charge in [-0.05, 0) is 25.7 Å². The fourth-order valence-electron chi connectivity index (χ4n) is 1.99. The van der Waals surface area contributed by atoms with Crippen LogP contribution in [-0.4, -0.2) is 42.8 Å². The number of hydrogen-bond donors (Lipinski definition) is 1. The Morgan fingerprint density at radius 3 is 2.64 bits per heavy atom. The SMILES string of the molecule is CCS(=O)(=O)N1CCCC(C)C1CO. The first-order valence-electron chi connectivity index (χ1n) is 5.13. The maximum atomic E-state index is 11.7. The number of aliphatic hydroxyl groups excluding tert-OH is 1. The Bertz CT molecular complexity index is 276. The number of rotatable bonds is 3. The third-order valence-electron chi connectivity index (χ3n) is 2.97. The highest BCUT2D eigenvalue weighted by Gasteiger charge is 2.34. The lowest BCUT2D eigenvalue weighted by molar-refractivity contribution is 0.113. The van der Waals surface area contributed by atoms with Crippen molar-refractivity contribution in [1.29, 1.82) is 0 Å². The second kappa shape index (κ2) is 4.59. The van der Waals surface area contributed by atoms with Gasteiger partial charge in [-0.2, -0.15) is 4.31 Å². The summed E-state index contributed by atoms with van der Waals surface area (Å²) >= 11 is 0. The summed E-state index contributed by atoms with van der Waals surface area (Å²) < 4.78 is 24.8. The zero-order valence-corrected chi connectivity index (χ0v) is 9.63. The standard InChI is InChI=1S/C9H19NO3S/c1-3-14(12,13)10-6-4-5-8(2)9(10)7-11/h8-9,11H,3-7H2,1-2H3. The minimum absolute atomic E-state index is 0.0691. The quantitative estimate of drug-likeness (QED) is 0.752. The molecule has 84 valence electrons. The van der Waals surface area contributed by atoms with E-state index in [1.54, 1.807) is 6.92 Å². The minimum atomic E-state index is -3.14. The highest BCUT2D eigenvalue weighted by Crippen LogP contribution is 2.25. The van der Waals surface area contributed by atoms with Crippen molar-refractivity contribution in [2.45, 2.75) is 32.7 Å². The van der Waals surface area contributed by atoms with Crippen LogP contribution in [0.3, 0.4) is 0 Å². The summed E-state index contributed by atoms with van der Waals surface area (Å²) in [6.07, 6.45) is 1.90. The van der Waals surface area contributed by atoms with E-state index in [0.717, 1.165) is 12.8 Å². The zero-order valence-electron chi connectivity index (χ0n) is 8.81. The van der Waals surface area contributed by atoms with Crippen LogP contribution in [-0.2, 0) is 10.0 Å². The van der Waals surface area contributed by atoms with Crippen LogP contribution in [0.1, 0.15) is 26.7 Å². The van der Waals surface area contributed by atoms with Crippen molar-refractivity contribution in [3.05, 3.63) is 0 Å². The van der Waals surface area contributed by atoms with Gasteiger partial charge < -0.3 is 5.11 Å². The van der Waals surface area contributed by atoms with Gasteiger partial charge in [-0.15, -0.1) is 0 Å². The van der Waals surface area contributed by atoms with Crippen LogP contribution in [0.15, 0.2) is 0 Å². The largest absolute Gasteiger partial charge is 0.395 e. The number of nitrogens with zero attached hydrogens (tertiary/aromatic N) is 1. The molecule has 2 atom stereocenters. The molecule has 1 saturated heterocycles. The third-order valence-corrected chi connectivity index (χ3v) is 4.87. The highest BCUT2D eigenvalue weighted by molar-refractivity contribution is 7.89. The van der Waals surface area contributed by atoms with Crippen molar-refractivity contribution in [2.75, 3.05) is 18.9 Å². The average molecular weight is 221 g/mol. The Morgan fingerprint density at radius 1 is 1.50 bits per heavy atom.